The summed E-state index contributed by atoms with van der Waals surface area (Å²) in [6, 6.07) is 13.4. The highest BCUT2D eigenvalue weighted by Crippen LogP contribution is 2.33. The third-order valence-electron chi connectivity index (χ3n) is 3.23. The van der Waals surface area contributed by atoms with Gasteiger partial charge in [-0.3, -0.25) is 5.10 Å². The van der Waals surface area contributed by atoms with E-state index < -0.39 is 9.84 Å². The molecule has 6 heteroatoms. The molecule has 21 heavy (non-hydrogen) atoms. The van der Waals surface area contributed by atoms with Gasteiger partial charge in [0, 0.05) is 16.6 Å². The normalized spacial score (nSPS) is 11.7. The van der Waals surface area contributed by atoms with Crippen LogP contribution >= 0.6 is 11.3 Å². The Kier molecular flexibility index (Phi) is 3.65. The third-order valence-corrected chi connectivity index (χ3v) is 6.68. The molecular formula is C15H14N2O2S2. The van der Waals surface area contributed by atoms with Gasteiger partial charge < -0.3 is 0 Å². The van der Waals surface area contributed by atoms with E-state index in [0.717, 1.165) is 21.7 Å². The van der Waals surface area contributed by atoms with Crippen molar-refractivity contribution in [3.05, 3.63) is 48.7 Å². The molecule has 0 unspecified atom stereocenters. The van der Waals surface area contributed by atoms with Gasteiger partial charge in [-0.1, -0.05) is 25.1 Å². The Hall–Kier alpha value is -1.92. The smallest absolute Gasteiger partial charge is 0.187 e. The van der Waals surface area contributed by atoms with Crippen LogP contribution in [-0.4, -0.2) is 24.4 Å². The lowest BCUT2D eigenvalue weighted by Gasteiger charge is -2.01. The van der Waals surface area contributed by atoms with Gasteiger partial charge in [-0.05, 0) is 29.8 Å². The minimum Gasteiger partial charge on any atom is -0.278 e. The molecule has 0 aliphatic rings. The quantitative estimate of drug-likeness (QED) is 0.799. The molecule has 0 bridgehead atoms. The van der Waals surface area contributed by atoms with Gasteiger partial charge in [0.05, 0.1) is 11.4 Å². The highest BCUT2D eigenvalue weighted by molar-refractivity contribution is 7.93. The molecule has 108 valence electrons. The topological polar surface area (TPSA) is 62.8 Å². The molecule has 3 aromatic rings. The second kappa shape index (κ2) is 5.46. The molecule has 3 rings (SSSR count). The Labute approximate surface area is 127 Å². The predicted octanol–water partition coefficient (Wildman–Crippen LogP) is 3.60. The second-order valence-corrected chi connectivity index (χ2v) is 8.16. The highest BCUT2D eigenvalue weighted by atomic mass is 32.2. The number of rotatable bonds is 4. The third kappa shape index (κ3) is 2.77. The van der Waals surface area contributed by atoms with Crippen molar-refractivity contribution in [1.29, 1.82) is 0 Å². The van der Waals surface area contributed by atoms with E-state index in [1.807, 2.05) is 36.4 Å². The van der Waals surface area contributed by atoms with Crippen LogP contribution in [0.1, 0.15) is 6.92 Å². The molecule has 0 atom stereocenters. The number of benzene rings is 1. The molecule has 0 aliphatic carbocycles. The summed E-state index contributed by atoms with van der Waals surface area (Å²) in [6.07, 6.45) is 1.71. The number of aromatic amines is 1. The molecule has 2 heterocycles. The van der Waals surface area contributed by atoms with Crippen molar-refractivity contribution in [1.82, 2.24) is 10.2 Å². The van der Waals surface area contributed by atoms with E-state index in [0.29, 0.717) is 4.21 Å². The number of H-pyrrole nitrogens is 1. The lowest BCUT2D eigenvalue weighted by molar-refractivity contribution is 0.599. The van der Waals surface area contributed by atoms with Crippen molar-refractivity contribution in [2.24, 2.45) is 0 Å². The van der Waals surface area contributed by atoms with Crippen LogP contribution in [0, 0.1) is 0 Å². The number of sulfone groups is 1. The highest BCUT2D eigenvalue weighted by Gasteiger charge is 2.15. The Bertz CT molecular complexity index is 849. The largest absolute Gasteiger partial charge is 0.278 e. The lowest BCUT2D eigenvalue weighted by atomic mass is 10.1. The zero-order valence-corrected chi connectivity index (χ0v) is 13.0. The maximum atomic E-state index is 11.9. The fourth-order valence-corrected chi connectivity index (χ4v) is 4.47. The van der Waals surface area contributed by atoms with Gasteiger partial charge in [-0.25, -0.2) is 8.42 Å². The maximum absolute atomic E-state index is 11.9. The fraction of sp³-hybridized carbons (Fsp3) is 0.133. The number of thiophene rings is 1. The van der Waals surface area contributed by atoms with E-state index in [4.69, 9.17) is 0 Å². The van der Waals surface area contributed by atoms with E-state index in [-0.39, 0.29) is 5.75 Å². The molecule has 0 fully saturated rings. The van der Waals surface area contributed by atoms with Gasteiger partial charge in [0.15, 0.2) is 9.84 Å². The lowest BCUT2D eigenvalue weighted by Crippen LogP contribution is -2.00. The predicted molar refractivity (Wildman–Crippen MR) is 85.1 cm³/mol. The Balaban J connectivity index is 2.00. The first-order valence-electron chi connectivity index (χ1n) is 6.53. The number of aromatic nitrogens is 2. The summed E-state index contributed by atoms with van der Waals surface area (Å²) in [5.74, 6) is 0.126. The van der Waals surface area contributed by atoms with Crippen LogP contribution in [0.15, 0.2) is 52.9 Å². The number of nitrogens with one attached hydrogen (secondary N) is 1. The zero-order valence-electron chi connectivity index (χ0n) is 11.4. The summed E-state index contributed by atoms with van der Waals surface area (Å²) in [7, 11) is -3.14. The van der Waals surface area contributed by atoms with Crippen molar-refractivity contribution in [3.63, 3.8) is 0 Å². The molecule has 0 saturated heterocycles. The van der Waals surface area contributed by atoms with Gasteiger partial charge in [0.25, 0.3) is 0 Å². The van der Waals surface area contributed by atoms with Gasteiger partial charge in [-0.15, -0.1) is 11.3 Å². The molecule has 4 nitrogen and oxygen atoms in total. The van der Waals surface area contributed by atoms with Crippen molar-refractivity contribution >= 4 is 21.2 Å². The minimum atomic E-state index is -3.14. The van der Waals surface area contributed by atoms with Crippen LogP contribution in [0.2, 0.25) is 0 Å². The summed E-state index contributed by atoms with van der Waals surface area (Å²) >= 11 is 1.31. The minimum absolute atomic E-state index is 0.126. The summed E-state index contributed by atoms with van der Waals surface area (Å²) in [5, 5.41) is 6.87. The van der Waals surface area contributed by atoms with Crippen LogP contribution in [0.4, 0.5) is 0 Å². The van der Waals surface area contributed by atoms with E-state index in [1.165, 1.54) is 11.3 Å². The van der Waals surface area contributed by atoms with Crippen molar-refractivity contribution < 1.29 is 8.42 Å². The monoisotopic (exact) mass is 318 g/mol. The van der Waals surface area contributed by atoms with E-state index >= 15 is 0 Å². The molecular weight excluding hydrogens is 304 g/mol. The van der Waals surface area contributed by atoms with Gasteiger partial charge >= 0.3 is 0 Å². The molecule has 1 N–H and O–H groups in total. The van der Waals surface area contributed by atoms with Gasteiger partial charge in [0.1, 0.15) is 4.21 Å². The first kappa shape index (κ1) is 14.0. The Morgan fingerprint density at radius 1 is 1.14 bits per heavy atom. The molecule has 1 aromatic carbocycles. The van der Waals surface area contributed by atoms with Crippen LogP contribution in [-0.2, 0) is 9.84 Å². The van der Waals surface area contributed by atoms with E-state index in [2.05, 4.69) is 10.2 Å². The number of nitrogens with zero attached hydrogens (tertiary/aromatic N) is 1. The molecule has 0 radical (unpaired) electrons. The summed E-state index contributed by atoms with van der Waals surface area (Å²) in [4.78, 5) is 0.948. The molecule has 0 saturated carbocycles. The van der Waals surface area contributed by atoms with E-state index in [1.54, 1.807) is 19.2 Å². The van der Waals surface area contributed by atoms with Crippen LogP contribution in [0.3, 0.4) is 0 Å². The van der Waals surface area contributed by atoms with Crippen LogP contribution in [0.5, 0.6) is 0 Å². The summed E-state index contributed by atoms with van der Waals surface area (Å²) in [5.41, 5.74) is 2.97. The van der Waals surface area contributed by atoms with Crippen molar-refractivity contribution in [3.8, 4) is 21.7 Å². The Morgan fingerprint density at radius 2 is 1.95 bits per heavy atom. The number of hydrogen-bond donors (Lipinski definition) is 1. The van der Waals surface area contributed by atoms with Crippen LogP contribution < -0.4 is 0 Å². The molecule has 0 amide bonds. The van der Waals surface area contributed by atoms with Crippen molar-refractivity contribution in [2.75, 3.05) is 5.75 Å². The van der Waals surface area contributed by atoms with Gasteiger partial charge in [0.2, 0.25) is 0 Å². The Morgan fingerprint density at radius 3 is 2.67 bits per heavy atom. The fourth-order valence-electron chi connectivity index (χ4n) is 2.04. The first-order chi connectivity index (χ1) is 10.1. The number of hydrogen-bond acceptors (Lipinski definition) is 4. The summed E-state index contributed by atoms with van der Waals surface area (Å²) < 4.78 is 24.2. The molecule has 0 aliphatic heterocycles. The van der Waals surface area contributed by atoms with E-state index in [9.17, 15) is 8.42 Å². The molecule has 2 aromatic heterocycles. The van der Waals surface area contributed by atoms with Crippen LogP contribution in [0.25, 0.3) is 21.7 Å². The first-order valence-corrected chi connectivity index (χ1v) is 9.00. The maximum Gasteiger partial charge on any atom is 0.187 e. The molecule has 0 spiro atoms. The van der Waals surface area contributed by atoms with Gasteiger partial charge in [-0.2, -0.15) is 5.10 Å². The average molecular weight is 318 g/mol. The zero-order chi connectivity index (χ0) is 14.9. The van der Waals surface area contributed by atoms with Crippen molar-refractivity contribution in [2.45, 2.75) is 11.1 Å². The standard InChI is InChI=1S/C15H14N2O2S2/c1-2-21(18,19)15-7-6-14(20-15)12-5-3-4-11(10-12)13-8-9-16-17-13/h3-10H,2H2,1H3,(H,16,17). The SMILES string of the molecule is CCS(=O)(=O)c1ccc(-c2cccc(-c3ccn[nH]3)c2)s1. The second-order valence-electron chi connectivity index (χ2n) is 4.57. The summed E-state index contributed by atoms with van der Waals surface area (Å²) in [6.45, 7) is 1.66. The average Bonchev–Trinajstić information content (AvgIpc) is 3.19.